The summed E-state index contributed by atoms with van der Waals surface area (Å²) in [5.41, 5.74) is 4.72. The molecule has 1 amide bonds. The number of carbonyl (C=O) groups is 1. The Hall–Kier alpha value is -3.21. The second-order valence-electron chi connectivity index (χ2n) is 7.56. The molecule has 140 valence electrons. The van der Waals surface area contributed by atoms with E-state index in [2.05, 4.69) is 29.0 Å². The van der Waals surface area contributed by atoms with Crippen LogP contribution >= 0.6 is 0 Å². The summed E-state index contributed by atoms with van der Waals surface area (Å²) in [5, 5.41) is 0.995. The van der Waals surface area contributed by atoms with Crippen molar-refractivity contribution in [2.45, 2.75) is 25.7 Å². The molecule has 3 heterocycles. The maximum absolute atomic E-state index is 13.3. The first-order valence-electron chi connectivity index (χ1n) is 9.79. The predicted octanol–water partition coefficient (Wildman–Crippen LogP) is 4.44. The number of hydrogen-bond donors (Lipinski definition) is 1. The number of para-hydroxylation sites is 2. The number of piperidine rings is 1. The average Bonchev–Trinajstić information content (AvgIpc) is 3.19. The summed E-state index contributed by atoms with van der Waals surface area (Å²) in [6.07, 6.45) is 3.76. The maximum Gasteiger partial charge on any atom is 0.256 e. The van der Waals surface area contributed by atoms with Crippen LogP contribution < -0.4 is 0 Å². The van der Waals surface area contributed by atoms with Crippen LogP contribution in [0, 0.1) is 6.92 Å². The molecule has 0 aliphatic carbocycles. The molecule has 5 nitrogen and oxygen atoms in total. The van der Waals surface area contributed by atoms with E-state index in [1.165, 1.54) is 5.56 Å². The molecule has 0 radical (unpaired) electrons. The van der Waals surface area contributed by atoms with Gasteiger partial charge in [0.15, 0.2) is 0 Å². The number of carbonyl (C=O) groups excluding carboxylic acids is 1. The van der Waals surface area contributed by atoms with Crippen molar-refractivity contribution < 1.29 is 4.79 Å². The van der Waals surface area contributed by atoms with Crippen molar-refractivity contribution in [1.82, 2.24) is 19.9 Å². The van der Waals surface area contributed by atoms with Crippen LogP contribution in [0.4, 0.5) is 0 Å². The second kappa shape index (κ2) is 6.75. The molecule has 5 heteroatoms. The molecule has 0 bridgehead atoms. The third-order valence-corrected chi connectivity index (χ3v) is 5.69. The molecule has 2 aromatic carbocycles. The number of nitrogens with one attached hydrogen (secondary N) is 1. The van der Waals surface area contributed by atoms with E-state index >= 15 is 0 Å². The zero-order chi connectivity index (χ0) is 19.1. The molecule has 0 spiro atoms. The van der Waals surface area contributed by atoms with Crippen molar-refractivity contribution in [3.8, 4) is 0 Å². The Kier molecular flexibility index (Phi) is 4.08. The highest BCUT2D eigenvalue weighted by atomic mass is 16.2. The van der Waals surface area contributed by atoms with Gasteiger partial charge >= 0.3 is 0 Å². The van der Waals surface area contributed by atoms with Gasteiger partial charge in [-0.25, -0.2) is 4.98 Å². The number of likely N-dealkylation sites (tertiary alicyclic amines) is 1. The molecule has 1 atom stereocenters. The van der Waals surface area contributed by atoms with Crippen LogP contribution in [0.15, 0.2) is 54.7 Å². The summed E-state index contributed by atoms with van der Waals surface area (Å²) in [6, 6.07) is 15.9. The molecule has 1 N–H and O–H groups in total. The highest BCUT2D eigenvalue weighted by Gasteiger charge is 2.28. The lowest BCUT2D eigenvalue weighted by Gasteiger charge is -2.32. The molecule has 0 saturated carbocycles. The van der Waals surface area contributed by atoms with Crippen LogP contribution in [0.25, 0.3) is 21.9 Å². The number of aromatic nitrogens is 3. The average molecular weight is 370 g/mol. The Balaban J connectivity index is 1.44. The van der Waals surface area contributed by atoms with Gasteiger partial charge < -0.3 is 9.88 Å². The summed E-state index contributed by atoms with van der Waals surface area (Å²) in [5.74, 6) is 1.27. The minimum Gasteiger partial charge on any atom is -0.342 e. The van der Waals surface area contributed by atoms with Gasteiger partial charge in [-0.05, 0) is 43.5 Å². The van der Waals surface area contributed by atoms with E-state index in [4.69, 9.17) is 4.98 Å². The van der Waals surface area contributed by atoms with Crippen LogP contribution in [0.5, 0.6) is 0 Å². The van der Waals surface area contributed by atoms with Gasteiger partial charge in [-0.1, -0.05) is 30.3 Å². The number of imidazole rings is 1. The third-order valence-electron chi connectivity index (χ3n) is 5.69. The van der Waals surface area contributed by atoms with Crippen molar-refractivity contribution in [1.29, 1.82) is 0 Å². The Morgan fingerprint density at radius 2 is 1.96 bits per heavy atom. The smallest absolute Gasteiger partial charge is 0.256 e. The molecule has 5 rings (SSSR count). The minimum absolute atomic E-state index is 0.0568. The van der Waals surface area contributed by atoms with Crippen LogP contribution in [0.3, 0.4) is 0 Å². The summed E-state index contributed by atoms with van der Waals surface area (Å²) in [4.78, 5) is 28.0. The number of benzene rings is 2. The van der Waals surface area contributed by atoms with E-state index in [-0.39, 0.29) is 11.8 Å². The molecule has 1 fully saturated rings. The topological polar surface area (TPSA) is 61.9 Å². The SMILES string of the molecule is Cc1cccc2[nH]c([C@@H]3CCCN(C(=O)c4cccc5cccnc45)C3)nc12. The Labute approximate surface area is 163 Å². The highest BCUT2D eigenvalue weighted by molar-refractivity contribution is 6.05. The maximum atomic E-state index is 13.3. The minimum atomic E-state index is 0.0568. The zero-order valence-corrected chi connectivity index (χ0v) is 15.9. The standard InChI is InChI=1S/C23H22N4O/c1-15-6-2-11-19-20(15)26-22(25-19)17-9-5-13-27(14-17)23(28)18-10-3-7-16-8-4-12-24-21(16)18/h2-4,6-8,10-12,17H,5,9,13-14H2,1H3,(H,25,26)/t17-/m1/s1. The van der Waals surface area contributed by atoms with Crippen molar-refractivity contribution in [2.24, 2.45) is 0 Å². The lowest BCUT2D eigenvalue weighted by Crippen LogP contribution is -2.39. The van der Waals surface area contributed by atoms with Gasteiger partial charge in [0, 0.05) is 30.6 Å². The second-order valence-corrected chi connectivity index (χ2v) is 7.56. The fraction of sp³-hybridized carbons (Fsp3) is 0.261. The molecule has 0 unspecified atom stereocenters. The van der Waals surface area contributed by atoms with Gasteiger partial charge in [-0.15, -0.1) is 0 Å². The van der Waals surface area contributed by atoms with E-state index in [1.54, 1.807) is 6.20 Å². The fourth-order valence-corrected chi connectivity index (χ4v) is 4.22. The largest absolute Gasteiger partial charge is 0.342 e. The van der Waals surface area contributed by atoms with Crippen molar-refractivity contribution in [3.05, 3.63) is 71.7 Å². The van der Waals surface area contributed by atoms with E-state index in [0.29, 0.717) is 12.1 Å². The number of amides is 1. The lowest BCUT2D eigenvalue weighted by atomic mass is 9.96. The van der Waals surface area contributed by atoms with E-state index in [1.807, 2.05) is 41.3 Å². The van der Waals surface area contributed by atoms with Crippen LogP contribution in [-0.2, 0) is 0 Å². The van der Waals surface area contributed by atoms with E-state index in [0.717, 1.165) is 47.1 Å². The van der Waals surface area contributed by atoms with E-state index in [9.17, 15) is 4.79 Å². The molecule has 1 aliphatic heterocycles. The molecule has 28 heavy (non-hydrogen) atoms. The monoisotopic (exact) mass is 370 g/mol. The van der Waals surface area contributed by atoms with Crippen LogP contribution in [0.1, 0.15) is 40.5 Å². The number of H-pyrrole nitrogens is 1. The normalized spacial score (nSPS) is 17.3. The number of pyridine rings is 1. The molecule has 2 aromatic heterocycles. The Bertz CT molecular complexity index is 1170. The molecule has 4 aromatic rings. The number of fused-ring (bicyclic) bond motifs is 2. The Morgan fingerprint density at radius 1 is 1.11 bits per heavy atom. The lowest BCUT2D eigenvalue weighted by molar-refractivity contribution is 0.0706. The van der Waals surface area contributed by atoms with E-state index < -0.39 is 0 Å². The first-order chi connectivity index (χ1) is 13.7. The van der Waals surface area contributed by atoms with Crippen LogP contribution in [-0.4, -0.2) is 38.8 Å². The third kappa shape index (κ3) is 2.83. The molecule has 1 aliphatic rings. The summed E-state index contributed by atoms with van der Waals surface area (Å²) in [7, 11) is 0. The quantitative estimate of drug-likeness (QED) is 0.567. The predicted molar refractivity (Wildman–Crippen MR) is 110 cm³/mol. The van der Waals surface area contributed by atoms with Crippen molar-refractivity contribution >= 4 is 27.8 Å². The first-order valence-corrected chi connectivity index (χ1v) is 9.79. The molecular formula is C23H22N4O. The van der Waals surface area contributed by atoms with Crippen molar-refractivity contribution in [3.63, 3.8) is 0 Å². The van der Waals surface area contributed by atoms with Gasteiger partial charge in [0.25, 0.3) is 5.91 Å². The van der Waals surface area contributed by atoms with Crippen LogP contribution in [0.2, 0.25) is 0 Å². The van der Waals surface area contributed by atoms with Gasteiger partial charge in [-0.3, -0.25) is 9.78 Å². The van der Waals surface area contributed by atoms with Gasteiger partial charge in [0.2, 0.25) is 0 Å². The highest BCUT2D eigenvalue weighted by Crippen LogP contribution is 2.29. The molecule has 1 saturated heterocycles. The number of aromatic amines is 1. The van der Waals surface area contributed by atoms with Gasteiger partial charge in [0.1, 0.15) is 5.82 Å². The van der Waals surface area contributed by atoms with Gasteiger partial charge in [0.05, 0.1) is 22.1 Å². The van der Waals surface area contributed by atoms with Gasteiger partial charge in [-0.2, -0.15) is 0 Å². The van der Waals surface area contributed by atoms with Crippen molar-refractivity contribution in [2.75, 3.05) is 13.1 Å². The number of rotatable bonds is 2. The first kappa shape index (κ1) is 16.9. The zero-order valence-electron chi connectivity index (χ0n) is 15.9. The number of nitrogens with zero attached hydrogens (tertiary/aromatic N) is 3. The summed E-state index contributed by atoms with van der Waals surface area (Å²) in [6.45, 7) is 3.54. The summed E-state index contributed by atoms with van der Waals surface area (Å²) < 4.78 is 0. The number of aryl methyl sites for hydroxylation is 1. The molecular weight excluding hydrogens is 348 g/mol. The fourth-order valence-electron chi connectivity index (χ4n) is 4.22. The Morgan fingerprint density at radius 3 is 2.86 bits per heavy atom. The summed E-state index contributed by atoms with van der Waals surface area (Å²) >= 11 is 0. The number of hydrogen-bond acceptors (Lipinski definition) is 3.